The molecule has 0 radical (unpaired) electrons. The first kappa shape index (κ1) is 18.8. The number of carbonyl (C=O) groups is 2. The van der Waals surface area contributed by atoms with E-state index in [9.17, 15) is 9.59 Å². The quantitative estimate of drug-likeness (QED) is 0.773. The molecule has 0 amide bonds. The highest BCUT2D eigenvalue weighted by Gasteiger charge is 2.45. The first-order valence-corrected chi connectivity index (χ1v) is 9.05. The SMILES string of the molecule is CCC1=C(C)C(=O)[C@@H](C)[C@@H](C(C)[C@H]2OC(CC)=C(C)C(=O)[C@@H]2C)O1. The third-order valence-electron chi connectivity index (χ3n) is 5.62. The van der Waals surface area contributed by atoms with Crippen LogP contribution in [-0.4, -0.2) is 23.8 Å². The van der Waals surface area contributed by atoms with Crippen molar-refractivity contribution in [1.82, 2.24) is 0 Å². The van der Waals surface area contributed by atoms with Gasteiger partial charge < -0.3 is 9.47 Å². The monoisotopic (exact) mass is 334 g/mol. The van der Waals surface area contributed by atoms with Gasteiger partial charge >= 0.3 is 0 Å². The molecule has 1 unspecified atom stereocenters. The molecule has 0 aromatic rings. The lowest BCUT2D eigenvalue weighted by Gasteiger charge is -2.41. The van der Waals surface area contributed by atoms with Gasteiger partial charge in [0.2, 0.25) is 0 Å². The van der Waals surface area contributed by atoms with Crippen LogP contribution in [0.3, 0.4) is 0 Å². The van der Waals surface area contributed by atoms with Gasteiger partial charge in [0.15, 0.2) is 11.6 Å². The zero-order chi connectivity index (χ0) is 18.2. The fraction of sp³-hybridized carbons (Fsp3) is 0.700. The number of Topliss-reactive ketones (excluding diaryl/α,β-unsaturated/α-hetero) is 2. The van der Waals surface area contributed by atoms with Crippen molar-refractivity contribution in [2.24, 2.45) is 17.8 Å². The van der Waals surface area contributed by atoms with E-state index in [-0.39, 0.29) is 41.5 Å². The van der Waals surface area contributed by atoms with Gasteiger partial charge in [0.05, 0.1) is 11.8 Å². The summed E-state index contributed by atoms with van der Waals surface area (Å²) in [5.41, 5.74) is 1.46. The molecule has 4 nitrogen and oxygen atoms in total. The maximum atomic E-state index is 12.6. The molecule has 2 rings (SSSR count). The molecule has 134 valence electrons. The number of rotatable bonds is 4. The fourth-order valence-corrected chi connectivity index (χ4v) is 3.97. The molecule has 0 aliphatic carbocycles. The standard InChI is InChI=1S/C20H30O4/c1-8-15-10(3)17(21)12(5)19(23-15)14(7)20-13(6)18(22)11(4)16(9-2)24-20/h12-14,19-20H,8-9H2,1-7H3/t12-,13+,14?,19-,20-/m0/s1. The van der Waals surface area contributed by atoms with Crippen LogP contribution in [0.2, 0.25) is 0 Å². The Hall–Kier alpha value is -1.58. The molecule has 0 N–H and O–H groups in total. The van der Waals surface area contributed by atoms with Crippen molar-refractivity contribution >= 4 is 11.6 Å². The van der Waals surface area contributed by atoms with Crippen molar-refractivity contribution in [3.8, 4) is 0 Å². The average Bonchev–Trinajstić information content (AvgIpc) is 2.58. The van der Waals surface area contributed by atoms with E-state index in [0.717, 1.165) is 22.7 Å². The van der Waals surface area contributed by atoms with Gasteiger partial charge in [-0.05, 0) is 13.8 Å². The second-order valence-electron chi connectivity index (χ2n) is 7.13. The van der Waals surface area contributed by atoms with E-state index in [1.807, 2.05) is 48.5 Å². The summed E-state index contributed by atoms with van der Waals surface area (Å²) in [7, 11) is 0. The minimum Gasteiger partial charge on any atom is -0.493 e. The van der Waals surface area contributed by atoms with Crippen LogP contribution in [0.15, 0.2) is 22.7 Å². The molecule has 0 saturated carbocycles. The van der Waals surface area contributed by atoms with E-state index in [4.69, 9.17) is 9.47 Å². The molecule has 2 aliphatic heterocycles. The molecule has 5 atom stereocenters. The zero-order valence-corrected chi connectivity index (χ0v) is 15.9. The van der Waals surface area contributed by atoms with E-state index in [0.29, 0.717) is 12.8 Å². The molecule has 2 heterocycles. The van der Waals surface area contributed by atoms with Crippen LogP contribution in [0.1, 0.15) is 61.3 Å². The van der Waals surface area contributed by atoms with Gasteiger partial charge in [0.1, 0.15) is 23.7 Å². The number of ketones is 2. The Morgan fingerprint density at radius 3 is 1.46 bits per heavy atom. The Bertz CT molecular complexity index is 547. The largest absolute Gasteiger partial charge is 0.493 e. The highest BCUT2D eigenvalue weighted by atomic mass is 16.5. The maximum absolute atomic E-state index is 12.6. The molecule has 2 aliphatic rings. The lowest BCUT2D eigenvalue weighted by molar-refractivity contribution is -0.137. The van der Waals surface area contributed by atoms with Crippen LogP contribution in [0, 0.1) is 17.8 Å². The number of hydrogen-bond donors (Lipinski definition) is 0. The van der Waals surface area contributed by atoms with Crippen molar-refractivity contribution < 1.29 is 19.1 Å². The summed E-state index contributed by atoms with van der Waals surface area (Å²) in [6, 6.07) is 0. The second-order valence-corrected chi connectivity index (χ2v) is 7.13. The van der Waals surface area contributed by atoms with Crippen molar-refractivity contribution in [3.63, 3.8) is 0 Å². The van der Waals surface area contributed by atoms with Crippen LogP contribution < -0.4 is 0 Å². The minimum atomic E-state index is -0.257. The molecular formula is C20H30O4. The fourth-order valence-electron chi connectivity index (χ4n) is 3.97. The van der Waals surface area contributed by atoms with Crippen molar-refractivity contribution in [3.05, 3.63) is 22.7 Å². The van der Waals surface area contributed by atoms with E-state index in [2.05, 4.69) is 0 Å². The smallest absolute Gasteiger partial charge is 0.168 e. The number of allylic oxidation sites excluding steroid dienone is 4. The second kappa shape index (κ2) is 7.12. The summed E-state index contributed by atoms with van der Waals surface area (Å²) in [6.07, 6.45) is 0.889. The Balaban J connectivity index is 2.30. The summed E-state index contributed by atoms with van der Waals surface area (Å²) in [6.45, 7) is 13.5. The summed E-state index contributed by atoms with van der Waals surface area (Å²) < 4.78 is 12.4. The van der Waals surface area contributed by atoms with E-state index < -0.39 is 0 Å². The molecule has 0 spiro atoms. The van der Waals surface area contributed by atoms with Gasteiger partial charge in [-0.1, -0.05) is 34.6 Å². The predicted molar refractivity (Wildman–Crippen MR) is 93.2 cm³/mol. The van der Waals surface area contributed by atoms with Crippen LogP contribution >= 0.6 is 0 Å². The summed E-state index contributed by atoms with van der Waals surface area (Å²) in [5.74, 6) is 1.34. The molecule has 0 saturated heterocycles. The predicted octanol–water partition coefficient (Wildman–Crippen LogP) is 4.20. The van der Waals surface area contributed by atoms with Gasteiger partial charge in [-0.15, -0.1) is 0 Å². The summed E-state index contributed by atoms with van der Waals surface area (Å²) in [5, 5.41) is 0. The zero-order valence-electron chi connectivity index (χ0n) is 15.9. The van der Waals surface area contributed by atoms with Crippen LogP contribution in [0.5, 0.6) is 0 Å². The Labute approximate surface area is 145 Å². The van der Waals surface area contributed by atoms with Gasteiger partial charge in [-0.3, -0.25) is 9.59 Å². The molecule has 0 aromatic heterocycles. The van der Waals surface area contributed by atoms with Crippen molar-refractivity contribution in [2.45, 2.75) is 73.5 Å². The van der Waals surface area contributed by atoms with Gasteiger partial charge in [0, 0.05) is 29.9 Å². The third kappa shape index (κ3) is 3.03. The van der Waals surface area contributed by atoms with E-state index >= 15 is 0 Å². The van der Waals surface area contributed by atoms with Crippen molar-refractivity contribution in [2.75, 3.05) is 0 Å². The lowest BCUT2D eigenvalue weighted by atomic mass is 9.77. The average molecular weight is 334 g/mol. The molecular weight excluding hydrogens is 304 g/mol. The van der Waals surface area contributed by atoms with Crippen LogP contribution in [-0.2, 0) is 19.1 Å². The highest BCUT2D eigenvalue weighted by molar-refractivity contribution is 5.98. The molecule has 4 heteroatoms. The molecule has 24 heavy (non-hydrogen) atoms. The Morgan fingerprint density at radius 1 is 0.833 bits per heavy atom. The summed E-state index contributed by atoms with van der Waals surface area (Å²) >= 11 is 0. The topological polar surface area (TPSA) is 52.6 Å². The van der Waals surface area contributed by atoms with Gasteiger partial charge in [-0.25, -0.2) is 0 Å². The molecule has 0 bridgehead atoms. The minimum absolute atomic E-state index is 0.0489. The highest BCUT2D eigenvalue weighted by Crippen LogP contribution is 2.38. The molecule has 0 aromatic carbocycles. The Morgan fingerprint density at radius 2 is 1.17 bits per heavy atom. The van der Waals surface area contributed by atoms with E-state index in [1.165, 1.54) is 0 Å². The number of hydrogen-bond acceptors (Lipinski definition) is 4. The van der Waals surface area contributed by atoms with Crippen molar-refractivity contribution in [1.29, 1.82) is 0 Å². The Kier molecular flexibility index (Phi) is 5.56. The van der Waals surface area contributed by atoms with E-state index in [1.54, 1.807) is 0 Å². The first-order valence-electron chi connectivity index (χ1n) is 9.05. The van der Waals surface area contributed by atoms with Crippen LogP contribution in [0.25, 0.3) is 0 Å². The number of carbonyl (C=O) groups excluding carboxylic acids is 2. The first-order chi connectivity index (χ1) is 11.2. The molecule has 0 fully saturated rings. The maximum Gasteiger partial charge on any atom is 0.168 e. The third-order valence-corrected chi connectivity index (χ3v) is 5.62. The lowest BCUT2D eigenvalue weighted by Crippen LogP contribution is -2.48. The van der Waals surface area contributed by atoms with Gasteiger partial charge in [-0.2, -0.15) is 0 Å². The number of ether oxygens (including phenoxy) is 2. The van der Waals surface area contributed by atoms with Crippen LogP contribution in [0.4, 0.5) is 0 Å². The normalized spacial score (nSPS) is 32.6. The summed E-state index contributed by atoms with van der Waals surface area (Å²) in [4.78, 5) is 25.1. The van der Waals surface area contributed by atoms with Gasteiger partial charge in [0.25, 0.3) is 0 Å².